The molecule has 3 N–H and O–H groups in total. The van der Waals surface area contributed by atoms with E-state index in [2.05, 4.69) is 13.8 Å². The Morgan fingerprint density at radius 1 is 1.20 bits per heavy atom. The minimum Gasteiger partial charge on any atom is -0.388 e. The van der Waals surface area contributed by atoms with E-state index in [-0.39, 0.29) is 5.54 Å². The number of hydrogen-bond acceptors (Lipinski definition) is 2. The van der Waals surface area contributed by atoms with Crippen LogP contribution < -0.4 is 5.73 Å². The van der Waals surface area contributed by atoms with Crippen molar-refractivity contribution in [3.63, 3.8) is 0 Å². The quantitative estimate of drug-likeness (QED) is 0.737. The topological polar surface area (TPSA) is 46.2 Å². The maximum Gasteiger partial charge on any atom is 0.0829 e. The molecule has 0 amide bonds. The van der Waals surface area contributed by atoms with E-state index in [1.807, 2.05) is 0 Å². The fourth-order valence-electron chi connectivity index (χ4n) is 3.34. The molecular formula is C13H25NO. The van der Waals surface area contributed by atoms with Gasteiger partial charge in [-0.1, -0.05) is 20.3 Å². The van der Waals surface area contributed by atoms with Crippen LogP contribution in [0.1, 0.15) is 58.8 Å². The zero-order valence-electron chi connectivity index (χ0n) is 10.1. The average molecular weight is 211 g/mol. The molecule has 0 heterocycles. The summed E-state index contributed by atoms with van der Waals surface area (Å²) in [7, 11) is 0. The van der Waals surface area contributed by atoms with Crippen molar-refractivity contribution in [3.8, 4) is 0 Å². The summed E-state index contributed by atoms with van der Waals surface area (Å²) < 4.78 is 0. The molecule has 2 aliphatic rings. The summed E-state index contributed by atoms with van der Waals surface area (Å²) in [5, 5.41) is 10.7. The van der Waals surface area contributed by atoms with E-state index in [1.165, 1.54) is 12.8 Å². The third-order valence-corrected chi connectivity index (χ3v) is 4.88. The lowest BCUT2D eigenvalue weighted by atomic mass is 9.58. The molecule has 0 aliphatic heterocycles. The Morgan fingerprint density at radius 3 is 2.33 bits per heavy atom. The van der Waals surface area contributed by atoms with Gasteiger partial charge in [0.2, 0.25) is 0 Å². The highest BCUT2D eigenvalue weighted by Gasteiger charge is 2.52. The molecule has 0 aromatic heterocycles. The molecule has 2 unspecified atom stereocenters. The van der Waals surface area contributed by atoms with Gasteiger partial charge < -0.3 is 10.8 Å². The Morgan fingerprint density at radius 2 is 1.87 bits per heavy atom. The van der Waals surface area contributed by atoms with Gasteiger partial charge in [0.15, 0.2) is 0 Å². The van der Waals surface area contributed by atoms with E-state index < -0.39 is 5.60 Å². The van der Waals surface area contributed by atoms with Gasteiger partial charge in [-0.25, -0.2) is 0 Å². The van der Waals surface area contributed by atoms with Crippen molar-refractivity contribution in [2.75, 3.05) is 0 Å². The van der Waals surface area contributed by atoms with Crippen LogP contribution in [0.25, 0.3) is 0 Å². The molecule has 2 saturated carbocycles. The summed E-state index contributed by atoms with van der Waals surface area (Å²) in [6, 6.07) is 0. The fourth-order valence-corrected chi connectivity index (χ4v) is 3.34. The van der Waals surface area contributed by atoms with Gasteiger partial charge >= 0.3 is 0 Å². The third kappa shape index (κ3) is 1.83. The van der Waals surface area contributed by atoms with Gasteiger partial charge in [0, 0.05) is 5.54 Å². The van der Waals surface area contributed by atoms with Crippen LogP contribution in [0.15, 0.2) is 0 Å². The van der Waals surface area contributed by atoms with Crippen LogP contribution in [-0.4, -0.2) is 16.2 Å². The van der Waals surface area contributed by atoms with Crippen LogP contribution in [0.3, 0.4) is 0 Å². The van der Waals surface area contributed by atoms with Gasteiger partial charge in [-0.05, 0) is 50.4 Å². The summed E-state index contributed by atoms with van der Waals surface area (Å²) in [4.78, 5) is 0. The summed E-state index contributed by atoms with van der Waals surface area (Å²) in [6.07, 6.45) is 7.52. The van der Waals surface area contributed by atoms with Gasteiger partial charge in [-0.2, -0.15) is 0 Å². The van der Waals surface area contributed by atoms with Gasteiger partial charge in [-0.15, -0.1) is 0 Å². The van der Waals surface area contributed by atoms with E-state index in [4.69, 9.17) is 5.73 Å². The Bertz CT molecular complexity index is 235. The molecule has 2 fully saturated rings. The number of rotatable bonds is 2. The Labute approximate surface area is 93.2 Å². The number of aliphatic hydroxyl groups is 1. The largest absolute Gasteiger partial charge is 0.388 e. The van der Waals surface area contributed by atoms with Crippen molar-refractivity contribution in [1.29, 1.82) is 0 Å². The second kappa shape index (κ2) is 3.74. The lowest BCUT2D eigenvalue weighted by molar-refractivity contribution is -0.111. The maximum absolute atomic E-state index is 10.7. The summed E-state index contributed by atoms with van der Waals surface area (Å²) in [6.45, 7) is 4.53. The first-order valence-electron chi connectivity index (χ1n) is 6.48. The van der Waals surface area contributed by atoms with E-state index >= 15 is 0 Å². The summed E-state index contributed by atoms with van der Waals surface area (Å²) >= 11 is 0. The molecule has 0 bridgehead atoms. The summed E-state index contributed by atoms with van der Waals surface area (Å²) in [5.41, 5.74) is 5.52. The lowest BCUT2D eigenvalue weighted by Gasteiger charge is -2.54. The standard InChI is InChI=1S/C13H25NO/c1-10(2)11-5-3-8-13(15,9-11)12(14)6-4-7-12/h10-11,15H,3-9,14H2,1-2H3. The predicted octanol–water partition coefficient (Wildman–Crippen LogP) is 2.45. The van der Waals surface area contributed by atoms with Crippen molar-refractivity contribution < 1.29 is 5.11 Å². The minimum absolute atomic E-state index is 0.249. The molecule has 2 nitrogen and oxygen atoms in total. The van der Waals surface area contributed by atoms with Crippen molar-refractivity contribution in [2.45, 2.75) is 69.9 Å². The Hall–Kier alpha value is -0.0800. The van der Waals surface area contributed by atoms with E-state index in [1.54, 1.807) is 0 Å². The predicted molar refractivity (Wildman–Crippen MR) is 62.5 cm³/mol. The first-order chi connectivity index (χ1) is 6.97. The average Bonchev–Trinajstić information content (AvgIpc) is 2.14. The first-order valence-corrected chi connectivity index (χ1v) is 6.48. The van der Waals surface area contributed by atoms with Crippen LogP contribution in [0.5, 0.6) is 0 Å². The zero-order valence-corrected chi connectivity index (χ0v) is 10.1. The summed E-state index contributed by atoms with van der Waals surface area (Å²) in [5.74, 6) is 1.35. The van der Waals surface area contributed by atoms with Crippen LogP contribution in [0.2, 0.25) is 0 Å². The molecule has 2 heteroatoms. The molecule has 0 radical (unpaired) electrons. The maximum atomic E-state index is 10.7. The van der Waals surface area contributed by atoms with Crippen molar-refractivity contribution in [1.82, 2.24) is 0 Å². The second-order valence-corrected chi connectivity index (χ2v) is 6.14. The molecule has 0 aromatic rings. The van der Waals surface area contributed by atoms with Crippen LogP contribution in [0, 0.1) is 11.8 Å². The normalized spacial score (nSPS) is 40.2. The molecule has 2 atom stereocenters. The molecule has 2 aliphatic carbocycles. The highest BCUT2D eigenvalue weighted by atomic mass is 16.3. The smallest absolute Gasteiger partial charge is 0.0829 e. The first kappa shape index (κ1) is 11.4. The van der Waals surface area contributed by atoms with Crippen LogP contribution in [0.4, 0.5) is 0 Å². The zero-order chi connectivity index (χ0) is 11.1. The molecule has 15 heavy (non-hydrogen) atoms. The fraction of sp³-hybridized carbons (Fsp3) is 1.00. The Balaban J connectivity index is 2.07. The molecule has 88 valence electrons. The Kier molecular flexibility index (Phi) is 2.85. The van der Waals surface area contributed by atoms with E-state index in [9.17, 15) is 5.11 Å². The third-order valence-electron chi connectivity index (χ3n) is 4.88. The lowest BCUT2D eigenvalue weighted by Crippen LogP contribution is -2.66. The highest BCUT2D eigenvalue weighted by Crippen LogP contribution is 2.48. The van der Waals surface area contributed by atoms with Crippen molar-refractivity contribution in [3.05, 3.63) is 0 Å². The van der Waals surface area contributed by atoms with Gasteiger partial charge in [-0.3, -0.25) is 0 Å². The van der Waals surface area contributed by atoms with Gasteiger partial charge in [0.25, 0.3) is 0 Å². The SMILES string of the molecule is CC(C)C1CCCC(O)(C2(N)CCC2)C1. The highest BCUT2D eigenvalue weighted by molar-refractivity contribution is 5.10. The van der Waals surface area contributed by atoms with E-state index in [0.29, 0.717) is 11.8 Å². The second-order valence-electron chi connectivity index (χ2n) is 6.14. The van der Waals surface area contributed by atoms with Crippen LogP contribution in [-0.2, 0) is 0 Å². The monoisotopic (exact) mass is 211 g/mol. The van der Waals surface area contributed by atoms with Crippen molar-refractivity contribution >= 4 is 0 Å². The minimum atomic E-state index is -0.557. The molecule has 2 rings (SSSR count). The van der Waals surface area contributed by atoms with Crippen LogP contribution >= 0.6 is 0 Å². The molecular weight excluding hydrogens is 186 g/mol. The van der Waals surface area contributed by atoms with E-state index in [0.717, 1.165) is 32.1 Å². The van der Waals surface area contributed by atoms with Crippen molar-refractivity contribution in [2.24, 2.45) is 17.6 Å². The van der Waals surface area contributed by atoms with Gasteiger partial charge in [0.1, 0.15) is 0 Å². The molecule has 0 spiro atoms. The number of hydrogen-bond donors (Lipinski definition) is 2. The molecule has 0 aromatic carbocycles. The number of nitrogens with two attached hydrogens (primary N) is 1. The van der Waals surface area contributed by atoms with Gasteiger partial charge in [0.05, 0.1) is 5.60 Å². The molecule has 0 saturated heterocycles.